The minimum atomic E-state index is -0.0537. The maximum Gasteiger partial charge on any atom is 0.226 e. The van der Waals surface area contributed by atoms with Gasteiger partial charge in [-0.1, -0.05) is 42.5 Å². The molecule has 1 atom stereocenters. The molecule has 3 aromatic rings. The third-order valence-corrected chi connectivity index (χ3v) is 3.93. The maximum absolute atomic E-state index is 12.6. The van der Waals surface area contributed by atoms with E-state index in [0.717, 1.165) is 5.56 Å². The van der Waals surface area contributed by atoms with Gasteiger partial charge in [-0.25, -0.2) is 0 Å². The van der Waals surface area contributed by atoms with Crippen molar-refractivity contribution < 1.29 is 9.53 Å². The number of benzene rings is 2. The van der Waals surface area contributed by atoms with Crippen LogP contribution in [0.15, 0.2) is 79.1 Å². The van der Waals surface area contributed by atoms with Gasteiger partial charge in [0.05, 0.1) is 25.3 Å². The minimum Gasteiger partial charge on any atom is -0.495 e. The molecule has 0 bridgehead atoms. The fourth-order valence-electron chi connectivity index (χ4n) is 2.75. The van der Waals surface area contributed by atoms with Crippen molar-refractivity contribution in [2.24, 2.45) is 0 Å². The topological polar surface area (TPSA) is 43.3 Å². The number of carbonyl (C=O) groups is 1. The Morgan fingerprint density at radius 1 is 1.00 bits per heavy atom. The lowest BCUT2D eigenvalue weighted by molar-refractivity contribution is -0.116. The van der Waals surface area contributed by atoms with Crippen LogP contribution in [-0.4, -0.2) is 17.6 Å². The number of hydrogen-bond acceptors (Lipinski definition) is 2. The van der Waals surface area contributed by atoms with Crippen LogP contribution in [0.3, 0.4) is 0 Å². The molecule has 4 nitrogen and oxygen atoms in total. The average Bonchev–Trinajstić information content (AvgIpc) is 3.15. The summed E-state index contributed by atoms with van der Waals surface area (Å²) in [6.07, 6.45) is 4.30. The first-order chi connectivity index (χ1) is 11.8. The number of nitrogens with zero attached hydrogens (tertiary/aromatic N) is 1. The van der Waals surface area contributed by atoms with Gasteiger partial charge in [0.15, 0.2) is 0 Å². The third kappa shape index (κ3) is 3.66. The second-order valence-corrected chi connectivity index (χ2v) is 5.51. The highest BCUT2D eigenvalue weighted by Gasteiger charge is 2.18. The normalized spacial score (nSPS) is 11.7. The van der Waals surface area contributed by atoms with Gasteiger partial charge in [-0.05, 0) is 29.8 Å². The fraction of sp³-hybridized carbons (Fsp3) is 0.150. The Morgan fingerprint density at radius 3 is 2.38 bits per heavy atom. The summed E-state index contributed by atoms with van der Waals surface area (Å²) in [5.74, 6) is 0.602. The number of ether oxygens (including phenoxy) is 1. The number of aromatic nitrogens is 1. The summed E-state index contributed by atoms with van der Waals surface area (Å²) in [7, 11) is 1.59. The molecule has 0 fully saturated rings. The quantitative estimate of drug-likeness (QED) is 0.742. The zero-order valence-electron chi connectivity index (χ0n) is 13.6. The van der Waals surface area contributed by atoms with Crippen molar-refractivity contribution in [1.82, 2.24) is 4.57 Å². The summed E-state index contributed by atoms with van der Waals surface area (Å²) in [6.45, 7) is 0. The Bertz CT molecular complexity index is 782. The van der Waals surface area contributed by atoms with Gasteiger partial charge in [-0.15, -0.1) is 0 Å². The first kappa shape index (κ1) is 15.9. The zero-order valence-corrected chi connectivity index (χ0v) is 13.6. The molecular weight excluding hydrogens is 300 g/mol. The van der Waals surface area contributed by atoms with Gasteiger partial charge in [-0.2, -0.15) is 0 Å². The van der Waals surface area contributed by atoms with E-state index in [2.05, 4.69) is 9.88 Å². The van der Waals surface area contributed by atoms with Crippen molar-refractivity contribution in [3.05, 3.63) is 84.7 Å². The van der Waals surface area contributed by atoms with Crippen molar-refractivity contribution in [1.29, 1.82) is 0 Å². The maximum atomic E-state index is 12.6. The third-order valence-electron chi connectivity index (χ3n) is 3.93. The summed E-state index contributed by atoms with van der Waals surface area (Å²) < 4.78 is 7.34. The fourth-order valence-corrected chi connectivity index (χ4v) is 2.75. The van der Waals surface area contributed by atoms with Gasteiger partial charge in [-0.3, -0.25) is 4.79 Å². The summed E-state index contributed by atoms with van der Waals surface area (Å²) in [4.78, 5) is 12.6. The number of para-hydroxylation sites is 2. The van der Waals surface area contributed by atoms with E-state index in [1.807, 2.05) is 79.1 Å². The molecule has 0 aliphatic carbocycles. The Kier molecular flexibility index (Phi) is 4.96. The van der Waals surface area contributed by atoms with Crippen LogP contribution in [-0.2, 0) is 4.79 Å². The second kappa shape index (κ2) is 7.51. The zero-order chi connectivity index (χ0) is 16.8. The molecule has 3 rings (SSSR count). The number of anilines is 1. The van der Waals surface area contributed by atoms with E-state index >= 15 is 0 Å². The van der Waals surface area contributed by atoms with Gasteiger partial charge in [0, 0.05) is 12.4 Å². The highest BCUT2D eigenvalue weighted by atomic mass is 16.5. The highest BCUT2D eigenvalue weighted by Crippen LogP contribution is 2.26. The number of amides is 1. The number of carbonyl (C=O) groups excluding carboxylic acids is 1. The van der Waals surface area contributed by atoms with Gasteiger partial charge in [0.2, 0.25) is 5.91 Å². The van der Waals surface area contributed by atoms with E-state index in [0.29, 0.717) is 17.9 Å². The van der Waals surface area contributed by atoms with Gasteiger partial charge >= 0.3 is 0 Å². The molecule has 0 saturated carbocycles. The van der Waals surface area contributed by atoms with Gasteiger partial charge in [0.1, 0.15) is 5.75 Å². The number of nitrogens with one attached hydrogen (secondary N) is 1. The molecule has 24 heavy (non-hydrogen) atoms. The van der Waals surface area contributed by atoms with Crippen molar-refractivity contribution in [3.63, 3.8) is 0 Å². The van der Waals surface area contributed by atoms with Crippen LogP contribution in [0.25, 0.3) is 0 Å². The molecule has 1 heterocycles. The molecule has 4 heteroatoms. The van der Waals surface area contributed by atoms with E-state index < -0.39 is 0 Å². The monoisotopic (exact) mass is 320 g/mol. The van der Waals surface area contributed by atoms with E-state index in [1.54, 1.807) is 7.11 Å². The van der Waals surface area contributed by atoms with Crippen molar-refractivity contribution >= 4 is 11.6 Å². The molecule has 0 radical (unpaired) electrons. The van der Waals surface area contributed by atoms with Crippen molar-refractivity contribution in [3.8, 4) is 5.75 Å². The minimum absolute atomic E-state index is 0.0455. The Morgan fingerprint density at radius 2 is 1.67 bits per heavy atom. The molecule has 0 saturated heterocycles. The van der Waals surface area contributed by atoms with Crippen LogP contribution in [0.2, 0.25) is 0 Å². The standard InChI is InChI=1S/C20H20N2O2/c1-24-19-12-6-5-11-17(19)21-20(23)15-18(22-13-7-8-14-22)16-9-3-2-4-10-16/h2-14,18H,15H2,1H3,(H,21,23). The number of hydrogen-bond donors (Lipinski definition) is 1. The number of methoxy groups -OCH3 is 1. The molecule has 1 amide bonds. The Hall–Kier alpha value is -3.01. The first-order valence-corrected chi connectivity index (χ1v) is 7.88. The lowest BCUT2D eigenvalue weighted by Gasteiger charge is -2.19. The van der Waals surface area contributed by atoms with E-state index in [9.17, 15) is 4.79 Å². The van der Waals surface area contributed by atoms with Crippen molar-refractivity contribution in [2.75, 3.05) is 12.4 Å². The van der Waals surface area contributed by atoms with Crippen LogP contribution < -0.4 is 10.1 Å². The average molecular weight is 320 g/mol. The van der Waals surface area contributed by atoms with Crippen LogP contribution in [0.4, 0.5) is 5.69 Å². The molecule has 0 aliphatic heterocycles. The first-order valence-electron chi connectivity index (χ1n) is 7.88. The molecule has 1 aromatic heterocycles. The summed E-state index contributed by atoms with van der Waals surface area (Å²) in [5.41, 5.74) is 1.79. The predicted molar refractivity (Wildman–Crippen MR) is 95.3 cm³/mol. The van der Waals surface area contributed by atoms with Crippen LogP contribution >= 0.6 is 0 Å². The molecule has 1 N–H and O–H groups in total. The molecule has 1 unspecified atom stereocenters. The Labute approximate surface area is 141 Å². The smallest absolute Gasteiger partial charge is 0.226 e. The number of rotatable bonds is 6. The largest absolute Gasteiger partial charge is 0.495 e. The van der Waals surface area contributed by atoms with Crippen molar-refractivity contribution in [2.45, 2.75) is 12.5 Å². The van der Waals surface area contributed by atoms with Crippen LogP contribution in [0.1, 0.15) is 18.0 Å². The van der Waals surface area contributed by atoms with Gasteiger partial charge in [0.25, 0.3) is 0 Å². The molecule has 0 aliphatic rings. The molecule has 0 spiro atoms. The van der Waals surface area contributed by atoms with E-state index in [4.69, 9.17) is 4.74 Å². The highest BCUT2D eigenvalue weighted by molar-refractivity contribution is 5.92. The SMILES string of the molecule is COc1ccccc1NC(=O)CC(c1ccccc1)n1cccc1. The predicted octanol–water partition coefficient (Wildman–Crippen LogP) is 4.11. The summed E-state index contributed by atoms with van der Waals surface area (Å²) in [6, 6.07) is 21.3. The second-order valence-electron chi connectivity index (χ2n) is 5.51. The molecular formula is C20H20N2O2. The van der Waals surface area contributed by atoms with Gasteiger partial charge < -0.3 is 14.6 Å². The van der Waals surface area contributed by atoms with Crippen LogP contribution in [0, 0.1) is 0 Å². The lowest BCUT2D eigenvalue weighted by atomic mass is 10.0. The lowest BCUT2D eigenvalue weighted by Crippen LogP contribution is -2.19. The Balaban J connectivity index is 1.79. The van der Waals surface area contributed by atoms with Crippen LogP contribution in [0.5, 0.6) is 5.75 Å². The van der Waals surface area contributed by atoms with E-state index in [1.165, 1.54) is 0 Å². The molecule has 122 valence electrons. The summed E-state index contributed by atoms with van der Waals surface area (Å²) in [5, 5.41) is 2.95. The van der Waals surface area contributed by atoms with E-state index in [-0.39, 0.29) is 11.9 Å². The molecule has 2 aromatic carbocycles. The summed E-state index contributed by atoms with van der Waals surface area (Å²) >= 11 is 0.